The van der Waals surface area contributed by atoms with E-state index < -0.39 is 0 Å². The Morgan fingerprint density at radius 1 is 1.29 bits per heavy atom. The van der Waals surface area contributed by atoms with E-state index >= 15 is 0 Å². The van der Waals surface area contributed by atoms with Gasteiger partial charge in [-0.2, -0.15) is 0 Å². The number of nitrogens with one attached hydrogen (secondary N) is 1. The highest BCUT2D eigenvalue weighted by Gasteiger charge is 2.30. The van der Waals surface area contributed by atoms with E-state index in [4.69, 9.17) is 0 Å². The molecule has 1 aliphatic heterocycles. The van der Waals surface area contributed by atoms with Crippen LogP contribution < -0.4 is 10.2 Å². The molecule has 1 aromatic rings. The Labute approximate surface area is 128 Å². The van der Waals surface area contributed by atoms with Gasteiger partial charge < -0.3 is 10.2 Å². The van der Waals surface area contributed by atoms with Gasteiger partial charge in [-0.25, -0.2) is 0 Å². The van der Waals surface area contributed by atoms with Crippen molar-refractivity contribution in [1.29, 1.82) is 0 Å². The Kier molecular flexibility index (Phi) is 5.80. The number of anilines is 1. The molecule has 0 spiro atoms. The fraction of sp³-hybridized carbons (Fsp3) is 0.611. The highest BCUT2D eigenvalue weighted by atomic mass is 16.2. The van der Waals surface area contributed by atoms with Crippen molar-refractivity contribution in [3.63, 3.8) is 0 Å². The maximum absolute atomic E-state index is 12.7. The van der Waals surface area contributed by atoms with Crippen LogP contribution >= 0.6 is 0 Å². The van der Waals surface area contributed by atoms with Gasteiger partial charge in [0, 0.05) is 24.2 Å². The van der Waals surface area contributed by atoms with E-state index in [1.165, 1.54) is 5.56 Å². The summed E-state index contributed by atoms with van der Waals surface area (Å²) in [5.41, 5.74) is 2.38. The zero-order valence-corrected chi connectivity index (χ0v) is 13.6. The number of benzene rings is 1. The summed E-state index contributed by atoms with van der Waals surface area (Å²) in [6.45, 7) is 8.25. The van der Waals surface area contributed by atoms with Crippen molar-refractivity contribution in [3.8, 4) is 0 Å². The molecule has 0 aromatic heterocycles. The molecule has 0 bridgehead atoms. The van der Waals surface area contributed by atoms with Crippen LogP contribution in [0.3, 0.4) is 0 Å². The van der Waals surface area contributed by atoms with Crippen LogP contribution in [0.25, 0.3) is 0 Å². The second-order valence-electron chi connectivity index (χ2n) is 5.86. The second kappa shape index (κ2) is 7.60. The average molecular weight is 288 g/mol. The molecule has 21 heavy (non-hydrogen) atoms. The van der Waals surface area contributed by atoms with Gasteiger partial charge in [0.05, 0.1) is 0 Å². The van der Waals surface area contributed by atoms with Gasteiger partial charge in [0.15, 0.2) is 0 Å². The standard InChI is InChI=1S/C18H28N2O/c1-4-12-19-16-11-13-20(18(21)14(5-2)6-3)17-10-8-7-9-15(16)17/h7-10,14,16,19H,4-6,11-13H2,1-3H3. The summed E-state index contributed by atoms with van der Waals surface area (Å²) in [6.07, 6.45) is 3.98. The topological polar surface area (TPSA) is 32.3 Å². The van der Waals surface area contributed by atoms with Crippen molar-refractivity contribution in [2.75, 3.05) is 18.0 Å². The molecule has 0 saturated carbocycles. The van der Waals surface area contributed by atoms with Crippen LogP contribution in [0.15, 0.2) is 24.3 Å². The summed E-state index contributed by atoms with van der Waals surface area (Å²) in [6, 6.07) is 8.75. The molecule has 1 amide bonds. The molecule has 3 heteroatoms. The molecule has 0 fully saturated rings. The lowest BCUT2D eigenvalue weighted by molar-refractivity contribution is -0.122. The van der Waals surface area contributed by atoms with Gasteiger partial charge in [0.2, 0.25) is 5.91 Å². The third-order valence-electron chi connectivity index (χ3n) is 4.49. The van der Waals surface area contributed by atoms with E-state index in [9.17, 15) is 4.79 Å². The number of hydrogen-bond acceptors (Lipinski definition) is 2. The van der Waals surface area contributed by atoms with Crippen LogP contribution in [0.5, 0.6) is 0 Å². The van der Waals surface area contributed by atoms with Crippen molar-refractivity contribution >= 4 is 11.6 Å². The summed E-state index contributed by atoms with van der Waals surface area (Å²) in [5, 5.41) is 3.61. The normalized spacial score (nSPS) is 17.9. The highest BCUT2D eigenvalue weighted by Crippen LogP contribution is 2.34. The van der Waals surface area contributed by atoms with Gasteiger partial charge in [-0.05, 0) is 43.9 Å². The summed E-state index contributed by atoms with van der Waals surface area (Å²) in [7, 11) is 0. The van der Waals surface area contributed by atoms with Crippen LogP contribution in [0.1, 0.15) is 58.1 Å². The summed E-state index contributed by atoms with van der Waals surface area (Å²) in [4.78, 5) is 14.8. The zero-order valence-electron chi connectivity index (χ0n) is 13.6. The number of rotatable bonds is 6. The van der Waals surface area contributed by atoms with Crippen LogP contribution in [-0.4, -0.2) is 19.0 Å². The van der Waals surface area contributed by atoms with Gasteiger partial charge >= 0.3 is 0 Å². The van der Waals surface area contributed by atoms with Crippen molar-refractivity contribution in [2.45, 2.75) is 52.5 Å². The molecular weight excluding hydrogens is 260 g/mol. The minimum absolute atomic E-state index is 0.151. The lowest BCUT2D eigenvalue weighted by Crippen LogP contribution is -2.42. The number of amides is 1. The summed E-state index contributed by atoms with van der Waals surface area (Å²) < 4.78 is 0. The van der Waals surface area contributed by atoms with Crippen LogP contribution in [-0.2, 0) is 4.79 Å². The maximum atomic E-state index is 12.7. The first-order valence-electron chi connectivity index (χ1n) is 8.36. The summed E-state index contributed by atoms with van der Waals surface area (Å²) >= 11 is 0. The number of fused-ring (bicyclic) bond motifs is 1. The summed E-state index contributed by atoms with van der Waals surface area (Å²) in [5.74, 6) is 0.444. The fourth-order valence-corrected chi connectivity index (χ4v) is 3.18. The predicted octanol–water partition coefficient (Wildman–Crippen LogP) is 3.90. The van der Waals surface area contributed by atoms with E-state index in [1.807, 2.05) is 11.0 Å². The number of carbonyl (C=O) groups is 1. The molecule has 0 aliphatic carbocycles. The van der Waals surface area contributed by atoms with Crippen LogP contribution in [0.2, 0.25) is 0 Å². The molecule has 0 radical (unpaired) electrons. The van der Waals surface area contributed by atoms with E-state index in [1.54, 1.807) is 0 Å². The molecule has 1 heterocycles. The monoisotopic (exact) mass is 288 g/mol. The number of carbonyl (C=O) groups excluding carboxylic acids is 1. The highest BCUT2D eigenvalue weighted by molar-refractivity contribution is 5.96. The predicted molar refractivity (Wildman–Crippen MR) is 88.5 cm³/mol. The Hall–Kier alpha value is -1.35. The molecule has 116 valence electrons. The van der Waals surface area contributed by atoms with Crippen molar-refractivity contribution in [3.05, 3.63) is 29.8 Å². The third kappa shape index (κ3) is 3.46. The van der Waals surface area contributed by atoms with Gasteiger partial charge in [-0.15, -0.1) is 0 Å². The fourth-order valence-electron chi connectivity index (χ4n) is 3.18. The lowest BCUT2D eigenvalue weighted by atomic mass is 9.93. The Morgan fingerprint density at radius 3 is 2.67 bits per heavy atom. The molecule has 1 aliphatic rings. The molecule has 1 aromatic carbocycles. The van der Waals surface area contributed by atoms with Crippen molar-refractivity contribution in [2.24, 2.45) is 5.92 Å². The first-order chi connectivity index (χ1) is 10.2. The van der Waals surface area contributed by atoms with Crippen LogP contribution in [0, 0.1) is 5.92 Å². The molecule has 2 rings (SSSR count). The van der Waals surface area contributed by atoms with E-state index in [-0.39, 0.29) is 5.92 Å². The molecule has 1 unspecified atom stereocenters. The van der Waals surface area contributed by atoms with Gasteiger partial charge in [0.25, 0.3) is 0 Å². The number of nitrogens with zero attached hydrogens (tertiary/aromatic N) is 1. The molecule has 0 saturated heterocycles. The zero-order chi connectivity index (χ0) is 15.2. The smallest absolute Gasteiger partial charge is 0.230 e. The SMILES string of the molecule is CCCNC1CCN(C(=O)C(CC)CC)c2ccccc21. The molecule has 1 N–H and O–H groups in total. The third-order valence-corrected chi connectivity index (χ3v) is 4.49. The second-order valence-corrected chi connectivity index (χ2v) is 5.86. The average Bonchev–Trinajstić information content (AvgIpc) is 2.53. The van der Waals surface area contributed by atoms with Crippen molar-refractivity contribution < 1.29 is 4.79 Å². The Morgan fingerprint density at radius 2 is 2.00 bits per heavy atom. The van der Waals surface area contributed by atoms with Gasteiger partial charge in [-0.3, -0.25) is 4.79 Å². The van der Waals surface area contributed by atoms with Gasteiger partial charge in [0.1, 0.15) is 0 Å². The largest absolute Gasteiger partial charge is 0.312 e. The van der Waals surface area contributed by atoms with Gasteiger partial charge in [-0.1, -0.05) is 39.0 Å². The quantitative estimate of drug-likeness (QED) is 0.861. The van der Waals surface area contributed by atoms with E-state index in [2.05, 4.69) is 44.3 Å². The minimum Gasteiger partial charge on any atom is -0.312 e. The molecular formula is C18H28N2O. The van der Waals surface area contributed by atoms with E-state index in [0.29, 0.717) is 11.9 Å². The molecule has 1 atom stereocenters. The molecule has 3 nitrogen and oxygen atoms in total. The maximum Gasteiger partial charge on any atom is 0.230 e. The van der Waals surface area contributed by atoms with Crippen LogP contribution in [0.4, 0.5) is 5.69 Å². The minimum atomic E-state index is 0.151. The first-order valence-corrected chi connectivity index (χ1v) is 8.36. The van der Waals surface area contributed by atoms with Crippen molar-refractivity contribution in [1.82, 2.24) is 5.32 Å². The van der Waals surface area contributed by atoms with E-state index in [0.717, 1.165) is 44.5 Å². The lowest BCUT2D eigenvalue weighted by Gasteiger charge is -2.36. The number of para-hydroxylation sites is 1. The Balaban J connectivity index is 2.24. The number of hydrogen-bond donors (Lipinski definition) is 1. The Bertz CT molecular complexity index is 468. The first kappa shape index (κ1) is 16.0.